The van der Waals surface area contributed by atoms with Crippen molar-refractivity contribution in [2.45, 2.75) is 12.8 Å². The molecule has 88 valence electrons. The van der Waals surface area contributed by atoms with Crippen molar-refractivity contribution in [2.75, 3.05) is 0 Å². The molecule has 1 N–H and O–H groups in total. The van der Waals surface area contributed by atoms with E-state index < -0.39 is 5.97 Å². The zero-order valence-electron chi connectivity index (χ0n) is 8.76. The standard InChI is InChI=1S/C11H9BrN2O2S/c12-8-2-1-5-13-10(8)11-14-7(6-17-11)3-4-9(15)16/h1-2,5-6H,3-4H2,(H,15,16). The van der Waals surface area contributed by atoms with Crippen LogP contribution in [0.5, 0.6) is 0 Å². The lowest BCUT2D eigenvalue weighted by molar-refractivity contribution is -0.136. The van der Waals surface area contributed by atoms with Crippen molar-refractivity contribution in [1.82, 2.24) is 9.97 Å². The van der Waals surface area contributed by atoms with E-state index in [1.54, 1.807) is 6.20 Å². The van der Waals surface area contributed by atoms with Gasteiger partial charge in [-0.25, -0.2) is 4.98 Å². The van der Waals surface area contributed by atoms with Crippen molar-refractivity contribution in [3.8, 4) is 10.7 Å². The maximum absolute atomic E-state index is 10.5. The molecule has 0 unspecified atom stereocenters. The van der Waals surface area contributed by atoms with Crippen LogP contribution in [0.3, 0.4) is 0 Å². The van der Waals surface area contributed by atoms with Gasteiger partial charge in [-0.2, -0.15) is 0 Å². The molecule has 0 amide bonds. The zero-order chi connectivity index (χ0) is 12.3. The number of hydrogen-bond acceptors (Lipinski definition) is 4. The van der Waals surface area contributed by atoms with Gasteiger partial charge in [0, 0.05) is 22.5 Å². The van der Waals surface area contributed by atoms with E-state index in [1.807, 2.05) is 17.5 Å². The SMILES string of the molecule is O=C(O)CCc1csc(-c2ncccc2Br)n1. The van der Waals surface area contributed by atoms with Crippen LogP contribution in [0, 0.1) is 0 Å². The molecule has 0 aromatic carbocycles. The molecule has 0 saturated carbocycles. The number of carbonyl (C=O) groups is 1. The van der Waals surface area contributed by atoms with E-state index >= 15 is 0 Å². The van der Waals surface area contributed by atoms with Crippen LogP contribution in [-0.4, -0.2) is 21.0 Å². The molecule has 6 heteroatoms. The molecular weight excluding hydrogens is 304 g/mol. The van der Waals surface area contributed by atoms with E-state index in [0.29, 0.717) is 6.42 Å². The first-order valence-electron chi connectivity index (χ1n) is 4.94. The van der Waals surface area contributed by atoms with Gasteiger partial charge >= 0.3 is 5.97 Å². The van der Waals surface area contributed by atoms with Crippen LogP contribution in [0.1, 0.15) is 12.1 Å². The summed E-state index contributed by atoms with van der Waals surface area (Å²) in [7, 11) is 0. The van der Waals surface area contributed by atoms with Crippen molar-refractivity contribution in [1.29, 1.82) is 0 Å². The third-order valence-electron chi connectivity index (χ3n) is 2.11. The van der Waals surface area contributed by atoms with Crippen molar-refractivity contribution in [3.63, 3.8) is 0 Å². The van der Waals surface area contributed by atoms with Crippen LogP contribution in [0.25, 0.3) is 10.7 Å². The van der Waals surface area contributed by atoms with Crippen LogP contribution in [0.2, 0.25) is 0 Å². The summed E-state index contributed by atoms with van der Waals surface area (Å²) >= 11 is 4.89. The topological polar surface area (TPSA) is 63.1 Å². The Morgan fingerprint density at radius 2 is 2.35 bits per heavy atom. The number of pyridine rings is 1. The second-order valence-corrected chi connectivity index (χ2v) is 5.08. The Balaban J connectivity index is 2.18. The molecule has 2 rings (SSSR count). The van der Waals surface area contributed by atoms with Crippen molar-refractivity contribution in [2.24, 2.45) is 0 Å². The van der Waals surface area contributed by atoms with Crippen LogP contribution in [0.15, 0.2) is 28.2 Å². The molecule has 2 aromatic heterocycles. The van der Waals surface area contributed by atoms with Gasteiger partial charge in [-0.3, -0.25) is 9.78 Å². The summed E-state index contributed by atoms with van der Waals surface area (Å²) in [4.78, 5) is 19.1. The smallest absolute Gasteiger partial charge is 0.303 e. The number of hydrogen-bond donors (Lipinski definition) is 1. The van der Waals surface area contributed by atoms with Gasteiger partial charge in [0.05, 0.1) is 12.1 Å². The van der Waals surface area contributed by atoms with E-state index in [0.717, 1.165) is 20.9 Å². The molecule has 0 atom stereocenters. The summed E-state index contributed by atoms with van der Waals surface area (Å²) in [6.07, 6.45) is 2.27. The number of carboxylic acid groups (broad SMARTS) is 1. The molecule has 2 aromatic rings. The van der Waals surface area contributed by atoms with Gasteiger partial charge in [0.2, 0.25) is 0 Å². The maximum atomic E-state index is 10.5. The lowest BCUT2D eigenvalue weighted by atomic mass is 10.2. The van der Waals surface area contributed by atoms with Gasteiger partial charge in [0.15, 0.2) is 0 Å². The Labute approximate surface area is 110 Å². The summed E-state index contributed by atoms with van der Waals surface area (Å²) in [6, 6.07) is 3.74. The molecule has 0 aliphatic rings. The van der Waals surface area contributed by atoms with E-state index in [1.165, 1.54) is 11.3 Å². The minimum atomic E-state index is -0.807. The van der Waals surface area contributed by atoms with E-state index in [-0.39, 0.29) is 6.42 Å². The Morgan fingerprint density at radius 3 is 3.06 bits per heavy atom. The van der Waals surface area contributed by atoms with Crippen molar-refractivity contribution >= 4 is 33.2 Å². The number of nitrogens with zero attached hydrogens (tertiary/aromatic N) is 2. The summed E-state index contributed by atoms with van der Waals surface area (Å²) in [5, 5.41) is 11.3. The van der Waals surface area contributed by atoms with Crippen LogP contribution < -0.4 is 0 Å². The van der Waals surface area contributed by atoms with Gasteiger partial charge in [-0.15, -0.1) is 11.3 Å². The minimum absolute atomic E-state index is 0.104. The predicted molar refractivity (Wildman–Crippen MR) is 69.0 cm³/mol. The molecule has 17 heavy (non-hydrogen) atoms. The Morgan fingerprint density at radius 1 is 1.53 bits per heavy atom. The van der Waals surface area contributed by atoms with Crippen LogP contribution >= 0.6 is 27.3 Å². The molecule has 0 saturated heterocycles. The first kappa shape index (κ1) is 12.2. The van der Waals surface area contributed by atoms with Gasteiger partial charge in [0.25, 0.3) is 0 Å². The van der Waals surface area contributed by atoms with Crippen molar-refractivity contribution < 1.29 is 9.90 Å². The highest BCUT2D eigenvalue weighted by Crippen LogP contribution is 2.28. The summed E-state index contributed by atoms with van der Waals surface area (Å²) in [5.74, 6) is -0.807. The van der Waals surface area contributed by atoms with E-state index in [2.05, 4.69) is 25.9 Å². The minimum Gasteiger partial charge on any atom is -0.481 e. The van der Waals surface area contributed by atoms with Gasteiger partial charge < -0.3 is 5.11 Å². The van der Waals surface area contributed by atoms with E-state index in [9.17, 15) is 4.79 Å². The number of thiazole rings is 1. The number of aromatic nitrogens is 2. The molecule has 0 spiro atoms. The van der Waals surface area contributed by atoms with Gasteiger partial charge in [-0.1, -0.05) is 0 Å². The number of aryl methyl sites for hydroxylation is 1. The van der Waals surface area contributed by atoms with Crippen LogP contribution in [-0.2, 0) is 11.2 Å². The summed E-state index contributed by atoms with van der Waals surface area (Å²) in [6.45, 7) is 0. The number of rotatable bonds is 4. The first-order valence-corrected chi connectivity index (χ1v) is 6.61. The molecular formula is C11H9BrN2O2S. The van der Waals surface area contributed by atoms with E-state index in [4.69, 9.17) is 5.11 Å². The highest BCUT2D eigenvalue weighted by molar-refractivity contribution is 9.10. The molecule has 0 aliphatic carbocycles. The maximum Gasteiger partial charge on any atom is 0.303 e. The van der Waals surface area contributed by atoms with Crippen molar-refractivity contribution in [3.05, 3.63) is 33.9 Å². The third kappa shape index (κ3) is 3.10. The lowest BCUT2D eigenvalue weighted by Gasteiger charge is -1.97. The third-order valence-corrected chi connectivity index (χ3v) is 3.65. The summed E-state index contributed by atoms with van der Waals surface area (Å²) < 4.78 is 0.888. The molecule has 0 bridgehead atoms. The average Bonchev–Trinajstić information content (AvgIpc) is 2.75. The Kier molecular flexibility index (Phi) is 3.86. The molecule has 0 fully saturated rings. The normalized spacial score (nSPS) is 10.4. The fourth-order valence-electron chi connectivity index (χ4n) is 1.31. The number of carboxylic acids is 1. The molecule has 0 radical (unpaired) electrons. The van der Waals surface area contributed by atoms with Crippen LogP contribution in [0.4, 0.5) is 0 Å². The molecule has 0 aliphatic heterocycles. The highest BCUT2D eigenvalue weighted by atomic mass is 79.9. The highest BCUT2D eigenvalue weighted by Gasteiger charge is 2.09. The first-order chi connectivity index (χ1) is 8.16. The fourth-order valence-corrected chi connectivity index (χ4v) is 2.75. The summed E-state index contributed by atoms with van der Waals surface area (Å²) in [5.41, 5.74) is 1.59. The number of aliphatic carboxylic acids is 1. The molecule has 2 heterocycles. The second kappa shape index (κ2) is 5.37. The average molecular weight is 313 g/mol. The predicted octanol–water partition coefficient (Wildman–Crippen LogP) is 2.98. The Hall–Kier alpha value is -1.27. The fraction of sp³-hybridized carbons (Fsp3) is 0.182. The Bertz CT molecular complexity index is 542. The lowest BCUT2D eigenvalue weighted by Crippen LogP contribution is -1.97. The van der Waals surface area contributed by atoms with Gasteiger partial charge in [-0.05, 0) is 28.1 Å². The number of halogens is 1. The zero-order valence-corrected chi connectivity index (χ0v) is 11.2. The molecule has 4 nitrogen and oxygen atoms in total. The van der Waals surface area contributed by atoms with Gasteiger partial charge in [0.1, 0.15) is 10.7 Å². The monoisotopic (exact) mass is 312 g/mol. The largest absolute Gasteiger partial charge is 0.481 e. The quantitative estimate of drug-likeness (QED) is 0.942. The second-order valence-electron chi connectivity index (χ2n) is 3.37.